The van der Waals surface area contributed by atoms with Gasteiger partial charge in [0.1, 0.15) is 11.0 Å². The minimum absolute atomic E-state index is 0.378. The van der Waals surface area contributed by atoms with Gasteiger partial charge in [-0.15, -0.1) is 11.8 Å². The predicted octanol–water partition coefficient (Wildman–Crippen LogP) is 2.25. The second-order valence-electron chi connectivity index (χ2n) is 3.81. The highest BCUT2D eigenvalue weighted by atomic mass is 32.2. The number of carboxylic acid groups (broad SMARTS) is 2. The lowest BCUT2D eigenvalue weighted by Gasteiger charge is -2.10. The number of benzene rings is 1. The Morgan fingerprint density at radius 2 is 1.89 bits per heavy atom. The average Bonchev–Trinajstić information content (AvgIpc) is 2.36. The highest BCUT2D eigenvalue weighted by Gasteiger charge is 2.21. The summed E-state index contributed by atoms with van der Waals surface area (Å²) in [5.41, 5.74) is 0.935. The Morgan fingerprint density at radius 3 is 2.37 bits per heavy atom. The molecule has 0 bridgehead atoms. The molecule has 19 heavy (non-hydrogen) atoms. The summed E-state index contributed by atoms with van der Waals surface area (Å²) in [5.74, 6) is -0.988. The summed E-state index contributed by atoms with van der Waals surface area (Å²) in [6.45, 7) is 2.49. The maximum atomic E-state index is 10.9. The lowest BCUT2D eigenvalue weighted by atomic mass is 10.2. The fourth-order valence-electron chi connectivity index (χ4n) is 1.42. The molecule has 1 rings (SSSR count). The van der Waals surface area contributed by atoms with E-state index in [0.717, 1.165) is 23.1 Å². The third-order valence-corrected chi connectivity index (χ3v) is 3.59. The number of carbonyl (C=O) groups is 2. The summed E-state index contributed by atoms with van der Waals surface area (Å²) < 4.78 is 5.30. The first-order chi connectivity index (χ1) is 9.02. The van der Waals surface area contributed by atoms with E-state index >= 15 is 0 Å². The van der Waals surface area contributed by atoms with Crippen molar-refractivity contribution in [3.8, 4) is 5.75 Å². The van der Waals surface area contributed by atoms with E-state index in [-0.39, 0.29) is 6.42 Å². The topological polar surface area (TPSA) is 83.8 Å². The van der Waals surface area contributed by atoms with Crippen LogP contribution < -0.4 is 4.74 Å². The number of thioether (sulfide) groups is 1. The first-order valence-electron chi connectivity index (χ1n) is 5.81. The number of hydrogen-bond acceptors (Lipinski definition) is 4. The molecule has 2 N–H and O–H groups in total. The van der Waals surface area contributed by atoms with Crippen LogP contribution in [0.1, 0.15) is 18.9 Å². The van der Waals surface area contributed by atoms with Gasteiger partial charge < -0.3 is 14.9 Å². The minimum Gasteiger partial charge on any atom is -0.494 e. The van der Waals surface area contributed by atoms with Crippen LogP contribution >= 0.6 is 11.8 Å². The monoisotopic (exact) mass is 284 g/mol. The minimum atomic E-state index is -1.11. The molecule has 0 spiro atoms. The van der Waals surface area contributed by atoms with Crippen molar-refractivity contribution < 1.29 is 24.5 Å². The molecule has 1 atom stereocenters. The van der Waals surface area contributed by atoms with Crippen LogP contribution in [0.25, 0.3) is 0 Å². The van der Waals surface area contributed by atoms with Crippen molar-refractivity contribution in [3.63, 3.8) is 0 Å². The van der Waals surface area contributed by atoms with Gasteiger partial charge in [0.05, 0.1) is 13.0 Å². The van der Waals surface area contributed by atoms with E-state index in [4.69, 9.17) is 14.9 Å². The molecule has 0 radical (unpaired) electrons. The van der Waals surface area contributed by atoms with Crippen molar-refractivity contribution in [2.75, 3.05) is 6.61 Å². The Labute approximate surface area is 115 Å². The molecule has 0 saturated carbocycles. The normalized spacial score (nSPS) is 11.8. The zero-order valence-electron chi connectivity index (χ0n) is 10.5. The van der Waals surface area contributed by atoms with Gasteiger partial charge >= 0.3 is 11.9 Å². The number of aliphatic carboxylic acids is 2. The van der Waals surface area contributed by atoms with Crippen LogP contribution in [0.5, 0.6) is 5.75 Å². The zero-order valence-corrected chi connectivity index (χ0v) is 11.4. The Hall–Kier alpha value is -1.69. The lowest BCUT2D eigenvalue weighted by Crippen LogP contribution is -2.20. The molecule has 1 aromatic rings. The zero-order chi connectivity index (χ0) is 14.3. The van der Waals surface area contributed by atoms with Crippen LogP contribution in [-0.4, -0.2) is 34.0 Å². The van der Waals surface area contributed by atoms with Gasteiger partial charge in [-0.2, -0.15) is 0 Å². The molecule has 5 nitrogen and oxygen atoms in total. The van der Waals surface area contributed by atoms with Gasteiger partial charge in [0, 0.05) is 5.75 Å². The first-order valence-corrected chi connectivity index (χ1v) is 6.85. The van der Waals surface area contributed by atoms with Crippen molar-refractivity contribution in [1.29, 1.82) is 0 Å². The van der Waals surface area contributed by atoms with Gasteiger partial charge in [0.2, 0.25) is 0 Å². The summed E-state index contributed by atoms with van der Waals surface area (Å²) in [6.07, 6.45) is -0.378. The summed E-state index contributed by atoms with van der Waals surface area (Å²) in [6, 6.07) is 7.31. The van der Waals surface area contributed by atoms with E-state index < -0.39 is 17.2 Å². The maximum absolute atomic E-state index is 10.9. The SMILES string of the molecule is CCOc1ccc(CS[C@@H](CC(=O)O)C(=O)O)cc1. The van der Waals surface area contributed by atoms with Crippen LogP contribution in [0.4, 0.5) is 0 Å². The van der Waals surface area contributed by atoms with E-state index in [0.29, 0.717) is 12.4 Å². The van der Waals surface area contributed by atoms with Crippen LogP contribution in [0.15, 0.2) is 24.3 Å². The Balaban J connectivity index is 2.54. The molecule has 0 fully saturated rings. The summed E-state index contributed by atoms with van der Waals surface area (Å²) in [7, 11) is 0. The van der Waals surface area contributed by atoms with E-state index in [9.17, 15) is 9.59 Å². The number of hydrogen-bond donors (Lipinski definition) is 2. The Kier molecular flexibility index (Phi) is 6.21. The lowest BCUT2D eigenvalue weighted by molar-refractivity contribution is -0.142. The number of ether oxygens (including phenoxy) is 1. The second-order valence-corrected chi connectivity index (χ2v) is 5.00. The van der Waals surface area contributed by atoms with E-state index in [1.54, 1.807) is 0 Å². The molecule has 0 aliphatic heterocycles. The first kappa shape index (κ1) is 15.4. The van der Waals surface area contributed by atoms with Gasteiger partial charge in [0.25, 0.3) is 0 Å². The summed E-state index contributed by atoms with van der Waals surface area (Å²) in [5, 5.41) is 16.6. The maximum Gasteiger partial charge on any atom is 0.317 e. The molecular formula is C13H16O5S. The van der Waals surface area contributed by atoms with Crippen molar-refractivity contribution >= 4 is 23.7 Å². The van der Waals surface area contributed by atoms with Gasteiger partial charge in [-0.3, -0.25) is 9.59 Å². The molecule has 0 saturated heterocycles. The van der Waals surface area contributed by atoms with E-state index in [1.807, 2.05) is 31.2 Å². The van der Waals surface area contributed by atoms with E-state index in [1.165, 1.54) is 0 Å². The van der Waals surface area contributed by atoms with Crippen molar-refractivity contribution in [1.82, 2.24) is 0 Å². The molecule has 0 aliphatic carbocycles. The van der Waals surface area contributed by atoms with Gasteiger partial charge in [0.15, 0.2) is 0 Å². The Bertz CT molecular complexity index is 429. The third kappa shape index (κ3) is 5.65. The molecule has 104 valence electrons. The Morgan fingerprint density at radius 1 is 1.26 bits per heavy atom. The van der Waals surface area contributed by atoms with Crippen molar-refractivity contribution in [3.05, 3.63) is 29.8 Å². The van der Waals surface area contributed by atoms with Crippen molar-refractivity contribution in [2.45, 2.75) is 24.3 Å². The quantitative estimate of drug-likeness (QED) is 0.761. The van der Waals surface area contributed by atoms with Crippen LogP contribution in [0.3, 0.4) is 0 Å². The standard InChI is InChI=1S/C13H16O5S/c1-2-18-10-5-3-9(4-6-10)8-19-11(13(16)17)7-12(14)15/h3-6,11H,2,7-8H2,1H3,(H,14,15)(H,16,17)/t11-/m0/s1. The third-order valence-electron chi connectivity index (χ3n) is 2.32. The molecular weight excluding hydrogens is 268 g/mol. The molecule has 0 amide bonds. The fourth-order valence-corrected chi connectivity index (χ4v) is 2.41. The highest BCUT2D eigenvalue weighted by Crippen LogP contribution is 2.22. The fraction of sp³-hybridized carbons (Fsp3) is 0.385. The summed E-state index contributed by atoms with van der Waals surface area (Å²) >= 11 is 1.11. The average molecular weight is 284 g/mol. The molecule has 0 unspecified atom stereocenters. The van der Waals surface area contributed by atoms with Crippen LogP contribution in [-0.2, 0) is 15.3 Å². The molecule has 1 aromatic carbocycles. The van der Waals surface area contributed by atoms with E-state index in [2.05, 4.69) is 0 Å². The van der Waals surface area contributed by atoms with Gasteiger partial charge in [-0.05, 0) is 24.6 Å². The van der Waals surface area contributed by atoms with Crippen LogP contribution in [0, 0.1) is 0 Å². The molecule has 0 aliphatic rings. The highest BCUT2D eigenvalue weighted by molar-refractivity contribution is 7.99. The molecule has 0 heterocycles. The molecule has 0 aromatic heterocycles. The largest absolute Gasteiger partial charge is 0.494 e. The van der Waals surface area contributed by atoms with Crippen LogP contribution in [0.2, 0.25) is 0 Å². The second kappa shape index (κ2) is 7.68. The number of carboxylic acids is 2. The van der Waals surface area contributed by atoms with Crippen molar-refractivity contribution in [2.24, 2.45) is 0 Å². The van der Waals surface area contributed by atoms with Gasteiger partial charge in [-0.1, -0.05) is 12.1 Å². The van der Waals surface area contributed by atoms with Gasteiger partial charge in [-0.25, -0.2) is 0 Å². The predicted molar refractivity (Wildman–Crippen MR) is 72.6 cm³/mol. The summed E-state index contributed by atoms with van der Waals surface area (Å²) in [4.78, 5) is 21.4. The smallest absolute Gasteiger partial charge is 0.317 e. The number of rotatable bonds is 8. The molecule has 6 heteroatoms.